The molecule has 0 bridgehead atoms. The molecule has 0 aromatic heterocycles. The van der Waals surface area contributed by atoms with Gasteiger partial charge in [0.2, 0.25) is 0 Å². The van der Waals surface area contributed by atoms with E-state index in [1.54, 1.807) is 7.11 Å². The summed E-state index contributed by atoms with van der Waals surface area (Å²) in [6.45, 7) is 6.82. The number of halogens is 1. The highest BCUT2D eigenvalue weighted by Gasteiger charge is 2.08. The Morgan fingerprint density at radius 2 is 2.17 bits per heavy atom. The fraction of sp³-hybridized carbons (Fsp3) is 0.571. The molecule has 1 N–H and O–H groups in total. The van der Waals surface area contributed by atoms with Crippen molar-refractivity contribution in [2.24, 2.45) is 5.92 Å². The van der Waals surface area contributed by atoms with E-state index in [0.29, 0.717) is 5.92 Å². The van der Waals surface area contributed by atoms with Crippen molar-refractivity contribution < 1.29 is 4.74 Å². The lowest BCUT2D eigenvalue weighted by molar-refractivity contribution is 0.199. The standard InChI is InChI=1S/C14H22ClNOS/c1-11(2)10-18-14-6-4-5-13(15)12(14)9-16-7-8-17-3/h4-6,11,16H,7-10H2,1-3H3. The van der Waals surface area contributed by atoms with Crippen molar-refractivity contribution in [1.82, 2.24) is 5.32 Å². The number of benzene rings is 1. The Morgan fingerprint density at radius 1 is 1.39 bits per heavy atom. The molecule has 1 aromatic rings. The number of hydrogen-bond acceptors (Lipinski definition) is 3. The Labute approximate surface area is 119 Å². The van der Waals surface area contributed by atoms with Crippen LogP contribution in [0.4, 0.5) is 0 Å². The summed E-state index contributed by atoms with van der Waals surface area (Å²) in [7, 11) is 1.71. The summed E-state index contributed by atoms with van der Waals surface area (Å²) in [6, 6.07) is 6.12. The topological polar surface area (TPSA) is 21.3 Å². The highest BCUT2D eigenvalue weighted by molar-refractivity contribution is 7.99. The lowest BCUT2D eigenvalue weighted by Crippen LogP contribution is -2.19. The fourth-order valence-corrected chi connectivity index (χ4v) is 2.83. The first-order valence-corrected chi connectivity index (χ1v) is 7.61. The molecule has 1 rings (SSSR count). The van der Waals surface area contributed by atoms with E-state index >= 15 is 0 Å². The summed E-state index contributed by atoms with van der Waals surface area (Å²) < 4.78 is 5.02. The van der Waals surface area contributed by atoms with Crippen molar-refractivity contribution >= 4 is 23.4 Å². The van der Waals surface area contributed by atoms with E-state index in [2.05, 4.69) is 25.2 Å². The van der Waals surface area contributed by atoms with Crippen LogP contribution in [-0.4, -0.2) is 26.0 Å². The second-order valence-electron chi connectivity index (χ2n) is 4.59. The second kappa shape index (κ2) is 8.81. The Balaban J connectivity index is 2.62. The molecule has 0 atom stereocenters. The summed E-state index contributed by atoms with van der Waals surface area (Å²) in [5, 5.41) is 4.19. The van der Waals surface area contributed by atoms with Gasteiger partial charge in [0.1, 0.15) is 0 Å². The minimum Gasteiger partial charge on any atom is -0.383 e. The van der Waals surface area contributed by atoms with Gasteiger partial charge in [0, 0.05) is 35.9 Å². The lowest BCUT2D eigenvalue weighted by atomic mass is 10.2. The average Bonchev–Trinajstić information content (AvgIpc) is 2.34. The predicted octanol–water partition coefficient (Wildman–Crippen LogP) is 3.82. The first-order chi connectivity index (χ1) is 8.65. The van der Waals surface area contributed by atoms with Crippen molar-refractivity contribution in [3.8, 4) is 0 Å². The molecule has 18 heavy (non-hydrogen) atoms. The summed E-state index contributed by atoms with van der Waals surface area (Å²) in [5.41, 5.74) is 1.20. The predicted molar refractivity (Wildman–Crippen MR) is 80.6 cm³/mol. The Morgan fingerprint density at radius 3 is 2.83 bits per heavy atom. The number of methoxy groups -OCH3 is 1. The van der Waals surface area contributed by atoms with Gasteiger partial charge in [0.25, 0.3) is 0 Å². The molecule has 0 amide bonds. The number of hydrogen-bond donors (Lipinski definition) is 1. The number of nitrogens with one attached hydrogen (secondary N) is 1. The van der Waals surface area contributed by atoms with Gasteiger partial charge in [-0.1, -0.05) is 31.5 Å². The minimum absolute atomic E-state index is 0.684. The van der Waals surface area contributed by atoms with Crippen LogP contribution in [0.2, 0.25) is 5.02 Å². The van der Waals surface area contributed by atoms with Crippen LogP contribution in [0, 0.1) is 5.92 Å². The molecule has 2 nitrogen and oxygen atoms in total. The van der Waals surface area contributed by atoms with Crippen LogP contribution < -0.4 is 5.32 Å². The van der Waals surface area contributed by atoms with Crippen LogP contribution in [0.3, 0.4) is 0 Å². The van der Waals surface area contributed by atoms with Crippen molar-refractivity contribution in [3.05, 3.63) is 28.8 Å². The van der Waals surface area contributed by atoms with Crippen LogP contribution in [0.1, 0.15) is 19.4 Å². The Kier molecular flexibility index (Phi) is 7.75. The molecule has 0 aliphatic carbocycles. The molecule has 0 fully saturated rings. The number of ether oxygens (including phenoxy) is 1. The molecule has 0 aliphatic heterocycles. The Hall–Kier alpha value is -0.220. The third-order valence-corrected chi connectivity index (χ3v) is 4.31. The van der Waals surface area contributed by atoms with Gasteiger partial charge in [-0.3, -0.25) is 0 Å². The molecule has 0 unspecified atom stereocenters. The van der Waals surface area contributed by atoms with Crippen LogP contribution in [0.15, 0.2) is 23.1 Å². The summed E-state index contributed by atoms with van der Waals surface area (Å²) in [6.07, 6.45) is 0. The van der Waals surface area contributed by atoms with Gasteiger partial charge < -0.3 is 10.1 Å². The molecule has 0 saturated carbocycles. The molecule has 4 heteroatoms. The normalized spacial score (nSPS) is 11.2. The average molecular weight is 288 g/mol. The highest BCUT2D eigenvalue weighted by Crippen LogP contribution is 2.29. The van der Waals surface area contributed by atoms with Gasteiger partial charge in [-0.05, 0) is 23.6 Å². The molecular formula is C14H22ClNOS. The van der Waals surface area contributed by atoms with Crippen LogP contribution in [0.5, 0.6) is 0 Å². The van der Waals surface area contributed by atoms with Crippen molar-refractivity contribution in [2.75, 3.05) is 26.0 Å². The smallest absolute Gasteiger partial charge is 0.0587 e. The largest absolute Gasteiger partial charge is 0.383 e. The third kappa shape index (κ3) is 5.61. The zero-order valence-corrected chi connectivity index (χ0v) is 12.9. The van der Waals surface area contributed by atoms with E-state index in [9.17, 15) is 0 Å². The molecule has 0 aliphatic rings. The molecule has 0 radical (unpaired) electrons. The lowest BCUT2D eigenvalue weighted by Gasteiger charge is -2.13. The monoisotopic (exact) mass is 287 g/mol. The SMILES string of the molecule is COCCNCc1c(Cl)cccc1SCC(C)C. The maximum atomic E-state index is 6.27. The van der Waals surface area contributed by atoms with E-state index in [4.69, 9.17) is 16.3 Å². The molecule has 0 saturated heterocycles. The van der Waals surface area contributed by atoms with Gasteiger partial charge in [-0.2, -0.15) is 0 Å². The molecular weight excluding hydrogens is 266 g/mol. The molecule has 1 aromatic carbocycles. The fourth-order valence-electron chi connectivity index (χ4n) is 1.49. The van der Waals surface area contributed by atoms with E-state index in [1.807, 2.05) is 23.9 Å². The molecule has 0 heterocycles. The van der Waals surface area contributed by atoms with Crippen LogP contribution in [-0.2, 0) is 11.3 Å². The van der Waals surface area contributed by atoms with Crippen LogP contribution in [0.25, 0.3) is 0 Å². The van der Waals surface area contributed by atoms with Gasteiger partial charge >= 0.3 is 0 Å². The van der Waals surface area contributed by atoms with E-state index in [-0.39, 0.29) is 0 Å². The van der Waals surface area contributed by atoms with Crippen molar-refractivity contribution in [1.29, 1.82) is 0 Å². The first kappa shape index (κ1) is 15.8. The maximum Gasteiger partial charge on any atom is 0.0587 e. The van der Waals surface area contributed by atoms with Gasteiger partial charge in [-0.25, -0.2) is 0 Å². The quantitative estimate of drug-likeness (QED) is 0.580. The summed E-state index contributed by atoms with van der Waals surface area (Å²) in [4.78, 5) is 1.28. The van der Waals surface area contributed by atoms with Crippen LogP contribution >= 0.6 is 23.4 Å². The van der Waals surface area contributed by atoms with E-state index in [1.165, 1.54) is 10.5 Å². The molecule has 0 spiro atoms. The number of thioether (sulfide) groups is 1. The zero-order valence-electron chi connectivity index (χ0n) is 11.3. The van der Waals surface area contributed by atoms with E-state index in [0.717, 1.165) is 30.5 Å². The summed E-state index contributed by atoms with van der Waals surface area (Å²) in [5.74, 6) is 1.80. The number of rotatable bonds is 8. The maximum absolute atomic E-state index is 6.27. The minimum atomic E-state index is 0.684. The zero-order chi connectivity index (χ0) is 13.4. The highest BCUT2D eigenvalue weighted by atomic mass is 35.5. The summed E-state index contributed by atoms with van der Waals surface area (Å²) >= 11 is 8.15. The molecule has 102 valence electrons. The first-order valence-electron chi connectivity index (χ1n) is 6.25. The van der Waals surface area contributed by atoms with Gasteiger partial charge in [-0.15, -0.1) is 11.8 Å². The van der Waals surface area contributed by atoms with Gasteiger partial charge in [0.05, 0.1) is 6.61 Å². The van der Waals surface area contributed by atoms with Crippen molar-refractivity contribution in [2.45, 2.75) is 25.3 Å². The van der Waals surface area contributed by atoms with Gasteiger partial charge in [0.15, 0.2) is 0 Å². The second-order valence-corrected chi connectivity index (χ2v) is 6.06. The van der Waals surface area contributed by atoms with E-state index < -0.39 is 0 Å². The van der Waals surface area contributed by atoms with Crippen molar-refractivity contribution in [3.63, 3.8) is 0 Å². The third-order valence-electron chi connectivity index (χ3n) is 2.43. The Bertz CT molecular complexity index is 358.